The highest BCUT2D eigenvalue weighted by molar-refractivity contribution is 5.65. The summed E-state index contributed by atoms with van der Waals surface area (Å²) in [5.41, 5.74) is 3.82. The Bertz CT molecular complexity index is 481. The lowest BCUT2D eigenvalue weighted by atomic mass is 10.1. The van der Waals surface area contributed by atoms with Gasteiger partial charge in [0.1, 0.15) is 0 Å². The van der Waals surface area contributed by atoms with Crippen LogP contribution in [0.25, 0.3) is 11.1 Å². The van der Waals surface area contributed by atoms with E-state index in [4.69, 9.17) is 0 Å². The second-order valence-electron chi connectivity index (χ2n) is 5.07. The van der Waals surface area contributed by atoms with Crippen molar-refractivity contribution in [2.75, 3.05) is 5.32 Å². The molecule has 0 atom stereocenters. The molecular formula is C17H19N. The summed E-state index contributed by atoms with van der Waals surface area (Å²) in [5.74, 6) is 0. The molecule has 2 aromatic carbocycles. The molecule has 0 bridgehead atoms. The van der Waals surface area contributed by atoms with Gasteiger partial charge in [-0.2, -0.15) is 0 Å². The van der Waals surface area contributed by atoms with Gasteiger partial charge in [-0.3, -0.25) is 0 Å². The van der Waals surface area contributed by atoms with Crippen LogP contribution in [0.3, 0.4) is 0 Å². The molecule has 1 aliphatic rings. The molecule has 0 aliphatic heterocycles. The third-order valence-electron chi connectivity index (χ3n) is 3.72. The molecule has 0 amide bonds. The third kappa shape index (κ3) is 2.56. The lowest BCUT2D eigenvalue weighted by molar-refractivity contribution is 0.755. The Morgan fingerprint density at radius 3 is 2.00 bits per heavy atom. The summed E-state index contributed by atoms with van der Waals surface area (Å²) < 4.78 is 0. The molecule has 0 radical (unpaired) electrons. The van der Waals surface area contributed by atoms with E-state index in [0.717, 1.165) is 0 Å². The topological polar surface area (TPSA) is 12.0 Å². The molecule has 18 heavy (non-hydrogen) atoms. The lowest BCUT2D eigenvalue weighted by Crippen LogP contribution is -2.14. The summed E-state index contributed by atoms with van der Waals surface area (Å²) in [6.07, 6.45) is 5.39. The first-order valence-corrected chi connectivity index (χ1v) is 6.84. The molecule has 3 rings (SSSR count). The van der Waals surface area contributed by atoms with Gasteiger partial charge in [0.25, 0.3) is 0 Å². The molecule has 2 aromatic rings. The Labute approximate surface area is 109 Å². The van der Waals surface area contributed by atoms with E-state index in [0.29, 0.717) is 6.04 Å². The van der Waals surface area contributed by atoms with Crippen molar-refractivity contribution in [3.8, 4) is 11.1 Å². The summed E-state index contributed by atoms with van der Waals surface area (Å²) in [4.78, 5) is 0. The first kappa shape index (κ1) is 11.3. The number of rotatable bonds is 3. The predicted octanol–water partition coefficient (Wildman–Crippen LogP) is 4.71. The molecular weight excluding hydrogens is 218 g/mol. The molecule has 1 N–H and O–H groups in total. The van der Waals surface area contributed by atoms with Gasteiger partial charge in [0.15, 0.2) is 0 Å². The van der Waals surface area contributed by atoms with Crippen LogP contribution >= 0.6 is 0 Å². The molecule has 1 aliphatic carbocycles. The SMILES string of the molecule is c1ccc(-c2ccc(NC3CCCC3)cc2)cc1. The summed E-state index contributed by atoms with van der Waals surface area (Å²) in [6, 6.07) is 20.0. The van der Waals surface area contributed by atoms with Crippen molar-refractivity contribution in [1.82, 2.24) is 0 Å². The summed E-state index contributed by atoms with van der Waals surface area (Å²) >= 11 is 0. The Morgan fingerprint density at radius 1 is 0.722 bits per heavy atom. The van der Waals surface area contributed by atoms with Gasteiger partial charge in [-0.05, 0) is 36.1 Å². The fraction of sp³-hybridized carbons (Fsp3) is 0.294. The Kier molecular flexibility index (Phi) is 3.31. The maximum atomic E-state index is 3.62. The van der Waals surface area contributed by atoms with Gasteiger partial charge in [-0.25, -0.2) is 0 Å². The zero-order valence-corrected chi connectivity index (χ0v) is 10.6. The van der Waals surface area contributed by atoms with Crippen molar-refractivity contribution >= 4 is 5.69 Å². The van der Waals surface area contributed by atoms with Crippen LogP contribution in [0.4, 0.5) is 5.69 Å². The van der Waals surface area contributed by atoms with Crippen LogP contribution < -0.4 is 5.32 Å². The van der Waals surface area contributed by atoms with Crippen molar-refractivity contribution in [2.45, 2.75) is 31.7 Å². The van der Waals surface area contributed by atoms with Crippen molar-refractivity contribution in [1.29, 1.82) is 0 Å². The van der Waals surface area contributed by atoms with Crippen molar-refractivity contribution in [3.05, 3.63) is 54.6 Å². The maximum absolute atomic E-state index is 3.62. The van der Waals surface area contributed by atoms with E-state index in [1.54, 1.807) is 0 Å². The first-order chi connectivity index (χ1) is 8.92. The fourth-order valence-corrected chi connectivity index (χ4v) is 2.70. The van der Waals surface area contributed by atoms with Crippen LogP contribution in [-0.4, -0.2) is 6.04 Å². The average molecular weight is 237 g/mol. The normalized spacial score (nSPS) is 15.8. The minimum atomic E-state index is 0.688. The van der Waals surface area contributed by atoms with Gasteiger partial charge in [-0.15, -0.1) is 0 Å². The fourth-order valence-electron chi connectivity index (χ4n) is 2.70. The first-order valence-electron chi connectivity index (χ1n) is 6.84. The summed E-state index contributed by atoms with van der Waals surface area (Å²) in [7, 11) is 0. The highest BCUT2D eigenvalue weighted by Crippen LogP contribution is 2.24. The minimum absolute atomic E-state index is 0.688. The predicted molar refractivity (Wildman–Crippen MR) is 77.8 cm³/mol. The second kappa shape index (κ2) is 5.26. The van der Waals surface area contributed by atoms with E-state index in [2.05, 4.69) is 59.9 Å². The average Bonchev–Trinajstić information content (AvgIpc) is 2.94. The molecule has 1 nitrogen and oxygen atoms in total. The number of anilines is 1. The molecule has 0 heterocycles. The molecule has 1 fully saturated rings. The van der Waals surface area contributed by atoms with Gasteiger partial charge in [-0.1, -0.05) is 55.3 Å². The van der Waals surface area contributed by atoms with Crippen LogP contribution in [0.1, 0.15) is 25.7 Å². The maximum Gasteiger partial charge on any atom is 0.0342 e. The zero-order chi connectivity index (χ0) is 12.2. The Morgan fingerprint density at radius 2 is 1.33 bits per heavy atom. The van der Waals surface area contributed by atoms with Gasteiger partial charge in [0, 0.05) is 11.7 Å². The van der Waals surface area contributed by atoms with E-state index >= 15 is 0 Å². The van der Waals surface area contributed by atoms with Gasteiger partial charge >= 0.3 is 0 Å². The van der Waals surface area contributed by atoms with E-state index in [1.807, 2.05) is 0 Å². The third-order valence-corrected chi connectivity index (χ3v) is 3.72. The highest BCUT2D eigenvalue weighted by Gasteiger charge is 2.14. The monoisotopic (exact) mass is 237 g/mol. The molecule has 0 aromatic heterocycles. The number of hydrogen-bond acceptors (Lipinski definition) is 1. The van der Waals surface area contributed by atoms with Crippen LogP contribution in [-0.2, 0) is 0 Å². The van der Waals surface area contributed by atoms with Crippen molar-refractivity contribution in [2.24, 2.45) is 0 Å². The number of hydrogen-bond donors (Lipinski definition) is 1. The van der Waals surface area contributed by atoms with Crippen LogP contribution in [0, 0.1) is 0 Å². The lowest BCUT2D eigenvalue weighted by Gasteiger charge is -2.13. The second-order valence-corrected chi connectivity index (χ2v) is 5.07. The van der Waals surface area contributed by atoms with Crippen LogP contribution in [0.2, 0.25) is 0 Å². The smallest absolute Gasteiger partial charge is 0.0342 e. The Hall–Kier alpha value is -1.76. The Balaban J connectivity index is 1.72. The highest BCUT2D eigenvalue weighted by atomic mass is 14.9. The summed E-state index contributed by atoms with van der Waals surface area (Å²) in [5, 5.41) is 3.62. The molecule has 0 unspecified atom stereocenters. The van der Waals surface area contributed by atoms with Crippen LogP contribution in [0.15, 0.2) is 54.6 Å². The largest absolute Gasteiger partial charge is 0.382 e. The number of benzene rings is 2. The standard InChI is InChI=1S/C17H19N/c1-2-6-14(7-3-1)15-10-12-17(13-11-15)18-16-8-4-5-9-16/h1-3,6-7,10-13,16,18H,4-5,8-9H2. The van der Waals surface area contributed by atoms with E-state index in [1.165, 1.54) is 42.5 Å². The van der Waals surface area contributed by atoms with Crippen molar-refractivity contribution in [3.63, 3.8) is 0 Å². The molecule has 92 valence electrons. The van der Waals surface area contributed by atoms with Gasteiger partial charge in [0.2, 0.25) is 0 Å². The van der Waals surface area contributed by atoms with Gasteiger partial charge in [0.05, 0.1) is 0 Å². The van der Waals surface area contributed by atoms with E-state index in [9.17, 15) is 0 Å². The summed E-state index contributed by atoms with van der Waals surface area (Å²) in [6.45, 7) is 0. The molecule has 1 saturated carbocycles. The zero-order valence-electron chi connectivity index (χ0n) is 10.6. The minimum Gasteiger partial charge on any atom is -0.382 e. The number of nitrogens with one attached hydrogen (secondary N) is 1. The van der Waals surface area contributed by atoms with Gasteiger partial charge < -0.3 is 5.32 Å². The quantitative estimate of drug-likeness (QED) is 0.815. The van der Waals surface area contributed by atoms with Crippen LogP contribution in [0.5, 0.6) is 0 Å². The molecule has 0 spiro atoms. The van der Waals surface area contributed by atoms with E-state index < -0.39 is 0 Å². The molecule has 0 saturated heterocycles. The van der Waals surface area contributed by atoms with E-state index in [-0.39, 0.29) is 0 Å². The molecule has 1 heteroatoms. The van der Waals surface area contributed by atoms with Crippen molar-refractivity contribution < 1.29 is 0 Å².